The molecule has 11 heteroatoms. The fraction of sp³-hybridized carbons (Fsp3) is 0.636. The summed E-state index contributed by atoms with van der Waals surface area (Å²) in [5.74, 6) is -0.397. The van der Waals surface area contributed by atoms with Gasteiger partial charge in [-0.15, -0.1) is 0 Å². The van der Waals surface area contributed by atoms with Gasteiger partial charge in [0.2, 0.25) is 15.9 Å². The number of morpholine rings is 1. The van der Waals surface area contributed by atoms with Crippen molar-refractivity contribution in [3.8, 4) is 0 Å². The van der Waals surface area contributed by atoms with E-state index in [-0.39, 0.29) is 35.3 Å². The summed E-state index contributed by atoms with van der Waals surface area (Å²) in [6.07, 6.45) is 1.18. The van der Waals surface area contributed by atoms with Gasteiger partial charge < -0.3 is 15.0 Å². The number of carbonyl (C=O) groups is 2. The van der Waals surface area contributed by atoms with E-state index in [1.54, 1.807) is 24.0 Å². The van der Waals surface area contributed by atoms with Crippen molar-refractivity contribution in [1.29, 1.82) is 0 Å². The molecule has 2 aliphatic heterocycles. The van der Waals surface area contributed by atoms with Gasteiger partial charge in [0.15, 0.2) is 0 Å². The topological polar surface area (TPSA) is 96.0 Å². The molecule has 0 aromatic heterocycles. The minimum Gasteiger partial charge on any atom is -0.378 e. The van der Waals surface area contributed by atoms with Gasteiger partial charge >= 0.3 is 0 Å². The largest absolute Gasteiger partial charge is 0.378 e. The van der Waals surface area contributed by atoms with Crippen LogP contribution in [0.5, 0.6) is 0 Å². The fourth-order valence-corrected chi connectivity index (χ4v) is 6.56. The lowest BCUT2D eigenvalue weighted by molar-refractivity contribution is -0.150. The normalized spacial score (nSPS) is 20.3. The molecule has 2 saturated heterocycles. The fourth-order valence-electron chi connectivity index (χ4n) is 4.55. The van der Waals surface area contributed by atoms with Crippen molar-refractivity contribution in [2.75, 3.05) is 45.1 Å². The Morgan fingerprint density at radius 1 is 1.15 bits per heavy atom. The molecule has 1 aromatic rings. The Morgan fingerprint density at radius 3 is 2.36 bits per heavy atom. The maximum absolute atomic E-state index is 13.7. The van der Waals surface area contributed by atoms with Gasteiger partial charge in [0.25, 0.3) is 5.91 Å². The molecule has 3 rings (SSSR count). The molecule has 2 heterocycles. The SMILES string of the molecule is CCCS(=O)(=O)N1CCC(C(=O)N2CCOCC2)([C@H](C)NC(=O)c2ccc(Cl)cc2Cl)CC1. The number of sulfonamides is 1. The van der Waals surface area contributed by atoms with Crippen LogP contribution in [-0.4, -0.2) is 80.6 Å². The molecule has 1 aromatic carbocycles. The van der Waals surface area contributed by atoms with E-state index in [9.17, 15) is 18.0 Å². The molecule has 0 saturated carbocycles. The zero-order valence-electron chi connectivity index (χ0n) is 19.0. The second kappa shape index (κ2) is 10.9. The number of nitrogens with zero attached hydrogens (tertiary/aromatic N) is 2. The number of benzene rings is 1. The minimum absolute atomic E-state index is 0.0756. The summed E-state index contributed by atoms with van der Waals surface area (Å²) >= 11 is 12.1. The van der Waals surface area contributed by atoms with Crippen LogP contribution in [0, 0.1) is 5.41 Å². The highest BCUT2D eigenvalue weighted by atomic mass is 35.5. The molecule has 1 N–H and O–H groups in total. The quantitative estimate of drug-likeness (QED) is 0.597. The lowest BCUT2D eigenvalue weighted by atomic mass is 9.71. The first-order chi connectivity index (χ1) is 15.6. The van der Waals surface area contributed by atoms with Crippen molar-refractivity contribution >= 4 is 45.0 Å². The molecule has 2 amide bonds. The minimum atomic E-state index is -3.36. The molecule has 2 aliphatic rings. The van der Waals surface area contributed by atoms with E-state index in [1.807, 2.05) is 6.92 Å². The van der Waals surface area contributed by atoms with E-state index in [4.69, 9.17) is 27.9 Å². The molecule has 0 radical (unpaired) electrons. The third-order valence-electron chi connectivity index (χ3n) is 6.55. The van der Waals surface area contributed by atoms with Gasteiger partial charge in [0, 0.05) is 37.2 Å². The number of halogens is 2. The summed E-state index contributed by atoms with van der Waals surface area (Å²) < 4.78 is 32.0. The monoisotopic (exact) mass is 519 g/mol. The average Bonchev–Trinajstić information content (AvgIpc) is 2.79. The highest BCUT2D eigenvalue weighted by Gasteiger charge is 2.49. The Kier molecular flexibility index (Phi) is 8.66. The Morgan fingerprint density at radius 2 is 1.79 bits per heavy atom. The summed E-state index contributed by atoms with van der Waals surface area (Å²) in [6, 6.07) is 4.08. The zero-order valence-corrected chi connectivity index (χ0v) is 21.3. The Labute approximate surface area is 205 Å². The van der Waals surface area contributed by atoms with Gasteiger partial charge in [-0.2, -0.15) is 0 Å². The number of nitrogens with one attached hydrogen (secondary N) is 1. The highest BCUT2D eigenvalue weighted by molar-refractivity contribution is 7.89. The first kappa shape index (κ1) is 26.2. The van der Waals surface area contributed by atoms with Gasteiger partial charge in [0.1, 0.15) is 0 Å². The summed E-state index contributed by atoms with van der Waals surface area (Å²) in [4.78, 5) is 28.5. The van der Waals surface area contributed by atoms with E-state index in [0.717, 1.165) is 0 Å². The third-order valence-corrected chi connectivity index (χ3v) is 9.17. The van der Waals surface area contributed by atoms with E-state index in [1.165, 1.54) is 10.4 Å². The van der Waals surface area contributed by atoms with Gasteiger partial charge in [0.05, 0.1) is 35.0 Å². The molecule has 33 heavy (non-hydrogen) atoms. The van der Waals surface area contributed by atoms with Crippen molar-refractivity contribution in [1.82, 2.24) is 14.5 Å². The van der Waals surface area contributed by atoms with E-state index in [0.29, 0.717) is 50.6 Å². The maximum atomic E-state index is 13.7. The number of hydrogen-bond donors (Lipinski definition) is 1. The second-order valence-electron chi connectivity index (χ2n) is 8.60. The summed E-state index contributed by atoms with van der Waals surface area (Å²) in [5, 5.41) is 3.60. The van der Waals surface area contributed by atoms with Crippen LogP contribution in [0.25, 0.3) is 0 Å². The number of rotatable bonds is 7. The van der Waals surface area contributed by atoms with Crippen LogP contribution in [0.4, 0.5) is 0 Å². The molecule has 0 unspecified atom stereocenters. The molecular weight excluding hydrogens is 489 g/mol. The molecule has 2 fully saturated rings. The predicted molar refractivity (Wildman–Crippen MR) is 128 cm³/mol. The summed E-state index contributed by atoms with van der Waals surface area (Å²) in [5.41, 5.74) is -0.658. The van der Waals surface area contributed by atoms with Gasteiger partial charge in [-0.05, 0) is 44.4 Å². The number of carbonyl (C=O) groups excluding carboxylic acids is 2. The van der Waals surface area contributed by atoms with Crippen molar-refractivity contribution in [3.05, 3.63) is 33.8 Å². The Hall–Kier alpha value is -1.39. The van der Waals surface area contributed by atoms with Crippen LogP contribution >= 0.6 is 23.2 Å². The predicted octanol–water partition coefficient (Wildman–Crippen LogP) is 2.79. The first-order valence-electron chi connectivity index (χ1n) is 11.2. The molecular formula is C22H31Cl2N3O5S. The van der Waals surface area contributed by atoms with Gasteiger partial charge in [-0.25, -0.2) is 12.7 Å². The lowest BCUT2D eigenvalue weighted by Gasteiger charge is -2.46. The molecule has 8 nitrogen and oxygen atoms in total. The molecule has 0 bridgehead atoms. The van der Waals surface area contributed by atoms with E-state index >= 15 is 0 Å². The first-order valence-corrected chi connectivity index (χ1v) is 13.6. The lowest BCUT2D eigenvalue weighted by Crippen LogP contribution is -2.61. The maximum Gasteiger partial charge on any atom is 0.253 e. The summed E-state index contributed by atoms with van der Waals surface area (Å²) in [7, 11) is -3.36. The molecule has 0 spiro atoms. The van der Waals surface area contributed by atoms with E-state index in [2.05, 4.69) is 5.32 Å². The molecule has 184 valence electrons. The third kappa shape index (κ3) is 5.82. The van der Waals surface area contributed by atoms with Gasteiger partial charge in [-0.3, -0.25) is 9.59 Å². The van der Waals surface area contributed by atoms with Crippen LogP contribution in [0.3, 0.4) is 0 Å². The van der Waals surface area contributed by atoms with Crippen molar-refractivity contribution < 1.29 is 22.7 Å². The number of piperidine rings is 1. The van der Waals surface area contributed by atoms with Crippen LogP contribution < -0.4 is 5.32 Å². The molecule has 1 atom stereocenters. The Bertz CT molecular complexity index is 974. The number of hydrogen-bond acceptors (Lipinski definition) is 5. The number of amides is 2. The van der Waals surface area contributed by atoms with Crippen molar-refractivity contribution in [2.24, 2.45) is 5.41 Å². The summed E-state index contributed by atoms with van der Waals surface area (Å²) in [6.45, 7) is 5.97. The van der Waals surface area contributed by atoms with Crippen LogP contribution in [-0.2, 0) is 19.6 Å². The zero-order chi connectivity index (χ0) is 24.2. The van der Waals surface area contributed by atoms with Crippen LogP contribution in [0.15, 0.2) is 18.2 Å². The standard InChI is InChI=1S/C22H31Cl2N3O5S/c1-3-14-33(30,31)27-8-6-22(7-9-27,21(29)26-10-12-32-13-11-26)16(2)25-20(28)18-5-4-17(23)15-19(18)24/h4-5,15-16H,3,6-14H2,1-2H3,(H,25,28)/t16-/m0/s1. The van der Waals surface area contributed by atoms with Crippen molar-refractivity contribution in [3.63, 3.8) is 0 Å². The van der Waals surface area contributed by atoms with Gasteiger partial charge in [-0.1, -0.05) is 30.1 Å². The highest BCUT2D eigenvalue weighted by Crippen LogP contribution is 2.38. The average molecular weight is 520 g/mol. The van der Waals surface area contributed by atoms with Crippen molar-refractivity contribution in [2.45, 2.75) is 39.2 Å². The second-order valence-corrected chi connectivity index (χ2v) is 11.5. The Balaban J connectivity index is 1.84. The number of ether oxygens (including phenoxy) is 1. The van der Waals surface area contributed by atoms with E-state index < -0.39 is 27.4 Å². The molecule has 0 aliphatic carbocycles. The van der Waals surface area contributed by atoms with Crippen LogP contribution in [0.2, 0.25) is 10.0 Å². The smallest absolute Gasteiger partial charge is 0.253 e. The van der Waals surface area contributed by atoms with Crippen LogP contribution in [0.1, 0.15) is 43.5 Å².